The highest BCUT2D eigenvalue weighted by atomic mass is 16.6. The summed E-state index contributed by atoms with van der Waals surface area (Å²) in [6.45, 7) is 2.46. The average Bonchev–Trinajstić information content (AvgIpc) is 2.45. The number of benzene rings is 2. The predicted molar refractivity (Wildman–Crippen MR) is 78.0 cm³/mol. The van der Waals surface area contributed by atoms with Gasteiger partial charge in [0.15, 0.2) is 0 Å². The Labute approximate surface area is 117 Å². The summed E-state index contributed by atoms with van der Waals surface area (Å²) in [5.74, 6) is 0.631. The van der Waals surface area contributed by atoms with Gasteiger partial charge in [0.25, 0.3) is 0 Å². The molecule has 0 heterocycles. The van der Waals surface area contributed by atoms with Gasteiger partial charge < -0.3 is 4.74 Å². The van der Waals surface area contributed by atoms with Crippen LogP contribution in [0.3, 0.4) is 0 Å². The molecule has 0 atom stereocenters. The third-order valence-corrected chi connectivity index (χ3v) is 2.81. The van der Waals surface area contributed by atoms with Crippen molar-refractivity contribution in [1.82, 2.24) is 0 Å². The Morgan fingerprint density at radius 1 is 1.15 bits per heavy atom. The Morgan fingerprint density at radius 3 is 2.55 bits per heavy atom. The summed E-state index contributed by atoms with van der Waals surface area (Å²) >= 11 is 0. The third kappa shape index (κ3) is 3.95. The smallest absolute Gasteiger partial charge is 0.235 e. The lowest BCUT2D eigenvalue weighted by atomic mass is 10.1. The van der Waals surface area contributed by atoms with Gasteiger partial charge in [-0.3, -0.25) is 10.1 Å². The maximum Gasteiger partial charge on any atom is 0.235 e. The SMILES string of the molecule is Cc1ccc(COc2ccccc2C=C[N+](=O)[O-])cc1. The van der Waals surface area contributed by atoms with Gasteiger partial charge in [0, 0.05) is 11.6 Å². The van der Waals surface area contributed by atoms with E-state index in [1.807, 2.05) is 43.3 Å². The molecule has 4 heteroatoms. The molecule has 0 saturated carbocycles. The number of hydrogen-bond donors (Lipinski definition) is 0. The quantitative estimate of drug-likeness (QED) is 0.612. The fourth-order valence-corrected chi connectivity index (χ4v) is 1.74. The standard InChI is InChI=1S/C16H15NO3/c1-13-6-8-14(9-7-13)12-20-16-5-3-2-4-15(16)10-11-17(18)19/h2-11H,12H2,1H3. The van der Waals surface area contributed by atoms with Crippen LogP contribution in [0.5, 0.6) is 5.75 Å². The average molecular weight is 269 g/mol. The first kappa shape index (κ1) is 13.8. The van der Waals surface area contributed by atoms with Crippen molar-refractivity contribution < 1.29 is 9.66 Å². The van der Waals surface area contributed by atoms with Crippen LogP contribution in [0.4, 0.5) is 0 Å². The monoisotopic (exact) mass is 269 g/mol. The maximum atomic E-state index is 10.4. The van der Waals surface area contributed by atoms with Crippen molar-refractivity contribution in [3.63, 3.8) is 0 Å². The second-order valence-electron chi connectivity index (χ2n) is 4.41. The molecular formula is C16H15NO3. The van der Waals surface area contributed by atoms with Gasteiger partial charge in [-0.2, -0.15) is 0 Å². The Bertz CT molecular complexity index is 618. The lowest BCUT2D eigenvalue weighted by Crippen LogP contribution is -1.97. The molecule has 0 aliphatic rings. The highest BCUT2D eigenvalue weighted by Gasteiger charge is 2.02. The molecular weight excluding hydrogens is 254 g/mol. The van der Waals surface area contributed by atoms with Crippen LogP contribution in [0.1, 0.15) is 16.7 Å². The molecule has 2 aromatic carbocycles. The Balaban J connectivity index is 2.09. The van der Waals surface area contributed by atoms with Crippen LogP contribution in [0.2, 0.25) is 0 Å². The van der Waals surface area contributed by atoms with Gasteiger partial charge in [0.2, 0.25) is 6.20 Å². The number of nitro groups is 1. The van der Waals surface area contributed by atoms with E-state index in [4.69, 9.17) is 4.74 Å². The lowest BCUT2D eigenvalue weighted by molar-refractivity contribution is -0.400. The van der Waals surface area contributed by atoms with E-state index in [2.05, 4.69) is 0 Å². The van der Waals surface area contributed by atoms with Crippen molar-refractivity contribution in [2.75, 3.05) is 0 Å². The van der Waals surface area contributed by atoms with E-state index >= 15 is 0 Å². The summed E-state index contributed by atoms with van der Waals surface area (Å²) in [6.07, 6.45) is 2.35. The molecule has 0 bridgehead atoms. The first-order valence-corrected chi connectivity index (χ1v) is 6.24. The van der Waals surface area contributed by atoms with Crippen molar-refractivity contribution in [3.05, 3.63) is 81.5 Å². The number of nitrogens with zero attached hydrogens (tertiary/aromatic N) is 1. The first-order valence-electron chi connectivity index (χ1n) is 6.24. The molecule has 0 aromatic heterocycles. The molecule has 0 aliphatic carbocycles. The highest BCUT2D eigenvalue weighted by Crippen LogP contribution is 2.20. The van der Waals surface area contributed by atoms with Gasteiger partial charge in [0.05, 0.1) is 4.92 Å². The molecule has 20 heavy (non-hydrogen) atoms. The summed E-state index contributed by atoms with van der Waals surface area (Å²) in [7, 11) is 0. The number of ether oxygens (including phenoxy) is 1. The Kier molecular flexibility index (Phi) is 4.50. The first-order chi connectivity index (χ1) is 9.65. The predicted octanol–water partition coefficient (Wildman–Crippen LogP) is 3.82. The van der Waals surface area contributed by atoms with Crippen molar-refractivity contribution in [2.45, 2.75) is 13.5 Å². The zero-order valence-corrected chi connectivity index (χ0v) is 11.2. The minimum absolute atomic E-state index is 0.434. The third-order valence-electron chi connectivity index (χ3n) is 2.81. The van der Waals surface area contributed by atoms with Crippen LogP contribution >= 0.6 is 0 Å². The summed E-state index contributed by atoms with van der Waals surface area (Å²) in [4.78, 5) is 9.88. The molecule has 102 valence electrons. The van der Waals surface area contributed by atoms with E-state index in [1.165, 1.54) is 11.6 Å². The second-order valence-corrected chi connectivity index (χ2v) is 4.41. The summed E-state index contributed by atoms with van der Waals surface area (Å²) in [6, 6.07) is 15.3. The molecule has 2 aromatic rings. The number of hydrogen-bond acceptors (Lipinski definition) is 3. The van der Waals surface area contributed by atoms with Crippen molar-refractivity contribution in [2.24, 2.45) is 0 Å². The van der Waals surface area contributed by atoms with Gasteiger partial charge in [-0.05, 0) is 18.6 Å². The van der Waals surface area contributed by atoms with Crippen LogP contribution < -0.4 is 4.74 Å². The van der Waals surface area contributed by atoms with Crippen molar-refractivity contribution in [3.8, 4) is 5.75 Å². The van der Waals surface area contributed by atoms with E-state index in [1.54, 1.807) is 12.1 Å². The molecule has 0 fully saturated rings. The van der Waals surface area contributed by atoms with Gasteiger partial charge >= 0.3 is 0 Å². The molecule has 0 aliphatic heterocycles. The van der Waals surface area contributed by atoms with Crippen LogP contribution in [-0.2, 0) is 6.61 Å². The van der Waals surface area contributed by atoms with Gasteiger partial charge in [0.1, 0.15) is 12.4 Å². The highest BCUT2D eigenvalue weighted by molar-refractivity contribution is 5.56. The Hall–Kier alpha value is -2.62. The van der Waals surface area contributed by atoms with Gasteiger partial charge in [-0.25, -0.2) is 0 Å². The number of aryl methyl sites for hydroxylation is 1. The van der Waals surface area contributed by atoms with E-state index in [0.29, 0.717) is 17.9 Å². The molecule has 2 rings (SSSR count). The van der Waals surface area contributed by atoms with E-state index in [9.17, 15) is 10.1 Å². The topological polar surface area (TPSA) is 52.4 Å². The van der Waals surface area contributed by atoms with Crippen LogP contribution in [0.25, 0.3) is 6.08 Å². The molecule has 0 radical (unpaired) electrons. The number of para-hydroxylation sites is 1. The largest absolute Gasteiger partial charge is 0.488 e. The zero-order valence-electron chi connectivity index (χ0n) is 11.2. The minimum atomic E-state index is -0.489. The number of rotatable bonds is 5. The fraction of sp³-hybridized carbons (Fsp3) is 0.125. The van der Waals surface area contributed by atoms with Crippen LogP contribution in [0.15, 0.2) is 54.7 Å². The lowest BCUT2D eigenvalue weighted by Gasteiger charge is -2.09. The second kappa shape index (κ2) is 6.52. The molecule has 0 unspecified atom stereocenters. The molecule has 4 nitrogen and oxygen atoms in total. The van der Waals surface area contributed by atoms with E-state index in [0.717, 1.165) is 11.8 Å². The van der Waals surface area contributed by atoms with Crippen molar-refractivity contribution >= 4 is 6.08 Å². The van der Waals surface area contributed by atoms with Crippen molar-refractivity contribution in [1.29, 1.82) is 0 Å². The van der Waals surface area contributed by atoms with E-state index < -0.39 is 4.92 Å². The fourth-order valence-electron chi connectivity index (χ4n) is 1.74. The molecule has 0 spiro atoms. The van der Waals surface area contributed by atoms with Gasteiger partial charge in [-0.1, -0.05) is 48.0 Å². The van der Waals surface area contributed by atoms with E-state index in [-0.39, 0.29) is 0 Å². The molecule has 0 amide bonds. The minimum Gasteiger partial charge on any atom is -0.488 e. The zero-order chi connectivity index (χ0) is 14.4. The normalized spacial score (nSPS) is 10.7. The van der Waals surface area contributed by atoms with Gasteiger partial charge in [-0.15, -0.1) is 0 Å². The molecule has 0 N–H and O–H groups in total. The molecule has 0 saturated heterocycles. The maximum absolute atomic E-state index is 10.4. The summed E-state index contributed by atoms with van der Waals surface area (Å²) in [5.41, 5.74) is 2.95. The summed E-state index contributed by atoms with van der Waals surface area (Å²) < 4.78 is 5.72. The van der Waals surface area contributed by atoms with Crippen LogP contribution in [-0.4, -0.2) is 4.92 Å². The summed E-state index contributed by atoms with van der Waals surface area (Å²) in [5, 5.41) is 10.4. The Morgan fingerprint density at radius 2 is 1.85 bits per heavy atom. The van der Waals surface area contributed by atoms with Crippen LogP contribution in [0, 0.1) is 17.0 Å².